The monoisotopic (exact) mass is 351 g/mol. The lowest BCUT2D eigenvalue weighted by molar-refractivity contribution is 0.0470. The van der Waals surface area contributed by atoms with Crippen LogP contribution in [0.2, 0.25) is 0 Å². The predicted molar refractivity (Wildman–Crippen MR) is 98.0 cm³/mol. The summed E-state index contributed by atoms with van der Waals surface area (Å²) in [6, 6.07) is 16.8. The first kappa shape index (κ1) is 17.0. The van der Waals surface area contributed by atoms with Gasteiger partial charge in [-0.05, 0) is 12.0 Å². The largest absolute Gasteiger partial charge is 0.453 e. The number of rotatable bonds is 6. The van der Waals surface area contributed by atoms with Crippen molar-refractivity contribution in [2.45, 2.75) is 13.3 Å². The van der Waals surface area contributed by atoms with Gasteiger partial charge in [-0.25, -0.2) is 9.78 Å². The van der Waals surface area contributed by atoms with Crippen molar-refractivity contribution in [3.05, 3.63) is 76.8 Å². The molecule has 0 bridgehead atoms. The van der Waals surface area contributed by atoms with E-state index in [2.05, 4.69) is 11.9 Å². The first-order valence-corrected chi connectivity index (χ1v) is 8.85. The van der Waals surface area contributed by atoms with Crippen LogP contribution < -0.4 is 0 Å². The normalized spacial score (nSPS) is 10.4. The third-order valence-corrected chi connectivity index (χ3v) is 4.64. The molecule has 0 aliphatic rings. The molecule has 2 aromatic carbocycles. The van der Waals surface area contributed by atoms with Crippen molar-refractivity contribution in [2.24, 2.45) is 0 Å². The summed E-state index contributed by atoms with van der Waals surface area (Å²) in [5, 5.41) is 2.40. The molecule has 0 saturated carbocycles. The molecule has 1 heterocycles. The Morgan fingerprint density at radius 2 is 1.76 bits per heavy atom. The molecule has 0 atom stereocenters. The predicted octanol–water partition coefficient (Wildman–Crippen LogP) is 4.41. The molecule has 0 spiro atoms. The van der Waals surface area contributed by atoms with Gasteiger partial charge in [-0.3, -0.25) is 4.79 Å². The molecule has 25 heavy (non-hydrogen) atoms. The first-order valence-electron chi connectivity index (χ1n) is 7.97. The molecular weight excluding hydrogens is 334 g/mol. The fraction of sp³-hybridized carbons (Fsp3) is 0.150. The van der Waals surface area contributed by atoms with Gasteiger partial charge in [0.15, 0.2) is 18.1 Å². The summed E-state index contributed by atoms with van der Waals surface area (Å²) >= 11 is 1.38. The van der Waals surface area contributed by atoms with Crippen molar-refractivity contribution in [1.29, 1.82) is 0 Å². The number of hydrogen-bond acceptors (Lipinski definition) is 5. The SMILES string of the molecule is CCc1ccc(-c2nc(C(=O)OCC(=O)c3ccccc3)cs2)cc1. The third-order valence-electron chi connectivity index (χ3n) is 3.75. The molecule has 126 valence electrons. The lowest BCUT2D eigenvalue weighted by Crippen LogP contribution is -2.14. The number of aryl methyl sites for hydroxylation is 1. The molecule has 0 saturated heterocycles. The van der Waals surface area contributed by atoms with Crippen LogP contribution in [-0.4, -0.2) is 23.3 Å². The molecule has 0 amide bonds. The fourth-order valence-corrected chi connectivity index (χ4v) is 3.09. The van der Waals surface area contributed by atoms with Gasteiger partial charge < -0.3 is 4.74 Å². The Bertz CT molecular complexity index is 869. The van der Waals surface area contributed by atoms with Gasteiger partial charge in [-0.2, -0.15) is 0 Å². The van der Waals surface area contributed by atoms with Gasteiger partial charge in [0.05, 0.1) is 0 Å². The van der Waals surface area contributed by atoms with Crippen LogP contribution in [0.5, 0.6) is 0 Å². The maximum absolute atomic E-state index is 12.1. The van der Waals surface area contributed by atoms with Gasteiger partial charge in [0, 0.05) is 16.5 Å². The van der Waals surface area contributed by atoms with Gasteiger partial charge in [0.25, 0.3) is 0 Å². The van der Waals surface area contributed by atoms with E-state index < -0.39 is 5.97 Å². The minimum atomic E-state index is -0.586. The second-order valence-corrected chi connectivity index (χ2v) is 6.31. The Morgan fingerprint density at radius 3 is 2.44 bits per heavy atom. The van der Waals surface area contributed by atoms with Crippen molar-refractivity contribution in [3.63, 3.8) is 0 Å². The molecule has 3 aromatic rings. The Balaban J connectivity index is 1.63. The minimum Gasteiger partial charge on any atom is -0.453 e. The van der Waals surface area contributed by atoms with Crippen LogP contribution in [0.3, 0.4) is 0 Å². The number of carbonyl (C=O) groups excluding carboxylic acids is 2. The number of carbonyl (C=O) groups is 2. The van der Waals surface area contributed by atoms with E-state index in [1.165, 1.54) is 16.9 Å². The van der Waals surface area contributed by atoms with Crippen LogP contribution in [-0.2, 0) is 11.2 Å². The Kier molecular flexibility index (Phi) is 5.36. The molecule has 5 heteroatoms. The molecule has 0 aliphatic carbocycles. The number of hydrogen-bond donors (Lipinski definition) is 0. The summed E-state index contributed by atoms with van der Waals surface area (Å²) in [6.45, 7) is 1.81. The number of aromatic nitrogens is 1. The molecule has 1 aromatic heterocycles. The van der Waals surface area contributed by atoms with Crippen LogP contribution in [0.25, 0.3) is 10.6 Å². The molecule has 0 radical (unpaired) electrons. The zero-order valence-corrected chi connectivity index (χ0v) is 14.6. The topological polar surface area (TPSA) is 56.3 Å². The van der Waals surface area contributed by atoms with Crippen LogP contribution in [0.15, 0.2) is 60.0 Å². The highest BCUT2D eigenvalue weighted by molar-refractivity contribution is 7.13. The van der Waals surface area contributed by atoms with E-state index in [1.54, 1.807) is 29.6 Å². The Labute approximate surface area is 150 Å². The zero-order chi connectivity index (χ0) is 17.6. The zero-order valence-electron chi connectivity index (χ0n) is 13.8. The first-order chi connectivity index (χ1) is 12.2. The highest BCUT2D eigenvalue weighted by Gasteiger charge is 2.15. The smallest absolute Gasteiger partial charge is 0.358 e. The van der Waals surface area contributed by atoms with Crippen molar-refractivity contribution in [3.8, 4) is 10.6 Å². The van der Waals surface area contributed by atoms with Crippen molar-refractivity contribution < 1.29 is 14.3 Å². The number of esters is 1. The summed E-state index contributed by atoms with van der Waals surface area (Å²) in [4.78, 5) is 28.4. The van der Waals surface area contributed by atoms with Crippen LogP contribution in [0.1, 0.15) is 33.3 Å². The van der Waals surface area contributed by atoms with Gasteiger partial charge in [-0.1, -0.05) is 61.5 Å². The molecule has 0 unspecified atom stereocenters. The van der Waals surface area contributed by atoms with Crippen molar-refractivity contribution >= 4 is 23.1 Å². The van der Waals surface area contributed by atoms with Gasteiger partial charge in [0.2, 0.25) is 0 Å². The molecule has 3 rings (SSSR count). The van der Waals surface area contributed by atoms with Gasteiger partial charge >= 0.3 is 5.97 Å². The third kappa shape index (κ3) is 4.19. The lowest BCUT2D eigenvalue weighted by Gasteiger charge is -2.02. The van der Waals surface area contributed by atoms with Crippen molar-refractivity contribution in [2.75, 3.05) is 6.61 Å². The van der Waals surface area contributed by atoms with E-state index in [4.69, 9.17) is 4.74 Å². The highest BCUT2D eigenvalue weighted by atomic mass is 32.1. The van der Waals surface area contributed by atoms with Crippen LogP contribution >= 0.6 is 11.3 Å². The maximum Gasteiger partial charge on any atom is 0.358 e. The van der Waals surface area contributed by atoms with E-state index in [0.29, 0.717) is 5.56 Å². The van der Waals surface area contributed by atoms with Crippen LogP contribution in [0.4, 0.5) is 0 Å². The summed E-state index contributed by atoms with van der Waals surface area (Å²) in [6.07, 6.45) is 0.977. The second kappa shape index (κ2) is 7.85. The molecule has 4 nitrogen and oxygen atoms in total. The number of thiazole rings is 1. The van der Waals surface area contributed by atoms with Crippen molar-refractivity contribution in [1.82, 2.24) is 4.98 Å². The lowest BCUT2D eigenvalue weighted by atomic mass is 10.1. The molecular formula is C20H17NO3S. The average molecular weight is 351 g/mol. The van der Waals surface area contributed by atoms with E-state index in [-0.39, 0.29) is 18.1 Å². The number of Topliss-reactive ketones (excluding diaryl/α,β-unsaturated/α-hetero) is 1. The van der Waals surface area contributed by atoms with Gasteiger partial charge in [0.1, 0.15) is 5.01 Å². The Hall–Kier alpha value is -2.79. The molecule has 0 aliphatic heterocycles. The van der Waals surface area contributed by atoms with Gasteiger partial charge in [-0.15, -0.1) is 11.3 Å². The van der Waals surface area contributed by atoms with Crippen LogP contribution in [0, 0.1) is 0 Å². The molecule has 0 N–H and O–H groups in total. The number of nitrogens with zero attached hydrogens (tertiary/aromatic N) is 1. The van der Waals surface area contributed by atoms with E-state index in [0.717, 1.165) is 17.0 Å². The number of ketones is 1. The average Bonchev–Trinajstić information content (AvgIpc) is 3.17. The highest BCUT2D eigenvalue weighted by Crippen LogP contribution is 2.24. The Morgan fingerprint density at radius 1 is 1.04 bits per heavy atom. The number of benzene rings is 2. The quantitative estimate of drug-likeness (QED) is 0.487. The molecule has 0 fully saturated rings. The van der Waals surface area contributed by atoms with E-state index in [1.807, 2.05) is 30.3 Å². The number of ether oxygens (including phenoxy) is 1. The minimum absolute atomic E-state index is 0.223. The van der Waals surface area contributed by atoms with E-state index >= 15 is 0 Å². The summed E-state index contributed by atoms with van der Waals surface area (Å²) in [7, 11) is 0. The second-order valence-electron chi connectivity index (χ2n) is 5.45. The summed E-state index contributed by atoms with van der Waals surface area (Å²) < 4.78 is 5.09. The fourth-order valence-electron chi connectivity index (χ4n) is 2.30. The maximum atomic E-state index is 12.1. The standard InChI is InChI=1S/C20H17NO3S/c1-2-14-8-10-16(11-9-14)19-21-17(13-25-19)20(23)24-12-18(22)15-6-4-3-5-7-15/h3-11,13H,2,12H2,1H3. The van der Waals surface area contributed by atoms with E-state index in [9.17, 15) is 9.59 Å². The summed E-state index contributed by atoms with van der Waals surface area (Å²) in [5.74, 6) is -0.823. The summed E-state index contributed by atoms with van der Waals surface area (Å²) in [5.41, 5.74) is 2.95.